The van der Waals surface area contributed by atoms with Gasteiger partial charge in [0.05, 0.1) is 0 Å². The highest BCUT2D eigenvalue weighted by molar-refractivity contribution is 6.48. The Morgan fingerprint density at radius 2 is 0.714 bits per heavy atom. The van der Waals surface area contributed by atoms with E-state index in [1.54, 1.807) is 0 Å². The normalized spacial score (nSPS) is 12.6. The zero-order valence-electron chi connectivity index (χ0n) is 20.9. The van der Waals surface area contributed by atoms with Crippen molar-refractivity contribution < 1.29 is 8.85 Å². The zero-order valence-corrected chi connectivity index (χ0v) is 23.7. The first-order chi connectivity index (χ1) is 17.2. The van der Waals surface area contributed by atoms with Crippen LogP contribution in [-0.4, -0.2) is 19.5 Å². The molecule has 4 aromatic carbocycles. The van der Waals surface area contributed by atoms with Gasteiger partial charge in [-0.3, -0.25) is 0 Å². The third-order valence-corrected chi connectivity index (χ3v) is 10.6. The molecule has 0 fully saturated rings. The summed E-state index contributed by atoms with van der Waals surface area (Å²) in [6, 6.07) is 42.8. The van der Waals surface area contributed by atoms with Gasteiger partial charge in [-0.25, -0.2) is 0 Å². The van der Waals surface area contributed by atoms with Gasteiger partial charge in [-0.1, -0.05) is 135 Å². The molecule has 0 saturated heterocycles. The Bertz CT molecular complexity index is 964. The number of benzene rings is 4. The standard InChI is InChI=1S/C31H36O2Si2/c1-3-30(26-17-9-5-10-18-26,27-19-11-6-12-20-27)32-34-25-35-33-31(4-2,28-21-13-7-14-22-28)29-23-15-8-16-24-29/h5-24H,3-4,25,34-35H2,1-2H3. The van der Waals surface area contributed by atoms with Gasteiger partial charge < -0.3 is 8.85 Å². The van der Waals surface area contributed by atoms with E-state index in [-0.39, 0.29) is 11.2 Å². The van der Waals surface area contributed by atoms with E-state index >= 15 is 0 Å². The Hall–Kier alpha value is -2.77. The summed E-state index contributed by atoms with van der Waals surface area (Å²) in [7, 11) is -1.58. The summed E-state index contributed by atoms with van der Waals surface area (Å²) in [6.45, 7) is 4.46. The summed E-state index contributed by atoms with van der Waals surface area (Å²) >= 11 is 0. The van der Waals surface area contributed by atoms with E-state index in [0.717, 1.165) is 18.5 Å². The van der Waals surface area contributed by atoms with E-state index in [0.29, 0.717) is 0 Å². The topological polar surface area (TPSA) is 18.5 Å². The lowest BCUT2D eigenvalue weighted by Gasteiger charge is -2.36. The maximum Gasteiger partial charge on any atom is 0.162 e. The Labute approximate surface area is 215 Å². The van der Waals surface area contributed by atoms with Gasteiger partial charge in [0, 0.05) is 0 Å². The lowest BCUT2D eigenvalue weighted by molar-refractivity contribution is 0.106. The first-order valence-corrected chi connectivity index (χ1v) is 15.9. The van der Waals surface area contributed by atoms with E-state index in [2.05, 4.69) is 135 Å². The predicted octanol–water partition coefficient (Wildman–Crippen LogP) is 6.27. The average Bonchev–Trinajstić information content (AvgIpc) is 2.95. The van der Waals surface area contributed by atoms with Crippen molar-refractivity contribution in [1.29, 1.82) is 0 Å². The van der Waals surface area contributed by atoms with Crippen molar-refractivity contribution in [2.24, 2.45) is 0 Å². The minimum atomic E-state index is -0.791. The lowest BCUT2D eigenvalue weighted by atomic mass is 9.84. The molecule has 4 rings (SSSR count). The lowest BCUT2D eigenvalue weighted by Crippen LogP contribution is -2.34. The molecule has 0 aromatic heterocycles. The molecule has 0 saturated carbocycles. The van der Waals surface area contributed by atoms with E-state index in [9.17, 15) is 0 Å². The molecule has 2 nitrogen and oxygen atoms in total. The summed E-state index contributed by atoms with van der Waals surface area (Å²) < 4.78 is 13.8. The molecule has 0 bridgehead atoms. The summed E-state index contributed by atoms with van der Waals surface area (Å²) in [4.78, 5) is 0. The van der Waals surface area contributed by atoms with Gasteiger partial charge >= 0.3 is 0 Å². The van der Waals surface area contributed by atoms with Gasteiger partial charge in [-0.05, 0) is 40.8 Å². The first kappa shape index (κ1) is 25.3. The van der Waals surface area contributed by atoms with Crippen LogP contribution < -0.4 is 0 Å². The maximum atomic E-state index is 6.90. The highest BCUT2D eigenvalue weighted by Crippen LogP contribution is 2.38. The van der Waals surface area contributed by atoms with Crippen LogP contribution in [0.4, 0.5) is 0 Å². The van der Waals surface area contributed by atoms with E-state index in [1.807, 2.05) is 0 Å². The van der Waals surface area contributed by atoms with Crippen molar-refractivity contribution in [1.82, 2.24) is 0 Å². The molecule has 0 heterocycles. The van der Waals surface area contributed by atoms with Crippen molar-refractivity contribution in [3.8, 4) is 0 Å². The van der Waals surface area contributed by atoms with Crippen molar-refractivity contribution in [3.05, 3.63) is 144 Å². The third kappa shape index (κ3) is 5.57. The molecule has 0 N–H and O–H groups in total. The predicted molar refractivity (Wildman–Crippen MR) is 152 cm³/mol. The summed E-state index contributed by atoms with van der Waals surface area (Å²) in [5.74, 6) is 0. The molecular weight excluding hydrogens is 461 g/mol. The van der Waals surface area contributed by atoms with Crippen LogP contribution >= 0.6 is 0 Å². The molecular formula is C31H36O2Si2. The molecule has 35 heavy (non-hydrogen) atoms. The number of hydrogen-bond acceptors (Lipinski definition) is 2. The Balaban J connectivity index is 1.51. The Morgan fingerprint density at radius 3 is 0.943 bits per heavy atom. The monoisotopic (exact) mass is 496 g/mol. The molecule has 0 radical (unpaired) electrons. The van der Waals surface area contributed by atoms with E-state index < -0.39 is 19.5 Å². The largest absolute Gasteiger partial charge is 0.411 e. The smallest absolute Gasteiger partial charge is 0.162 e. The summed E-state index contributed by atoms with van der Waals surface area (Å²) in [5, 5.41) is 0. The second kappa shape index (κ2) is 12.3. The Kier molecular flexibility index (Phi) is 8.88. The summed E-state index contributed by atoms with van der Waals surface area (Å²) in [5.41, 5.74) is 5.26. The average molecular weight is 497 g/mol. The highest BCUT2D eigenvalue weighted by Gasteiger charge is 2.34. The third-order valence-electron chi connectivity index (χ3n) is 6.94. The first-order valence-electron chi connectivity index (χ1n) is 12.7. The second-order valence-electron chi connectivity index (χ2n) is 8.88. The minimum absolute atomic E-state index is 0.385. The van der Waals surface area contributed by atoms with Gasteiger partial charge in [0.2, 0.25) is 0 Å². The van der Waals surface area contributed by atoms with Crippen LogP contribution in [0.2, 0.25) is 5.67 Å². The van der Waals surface area contributed by atoms with E-state index in [1.165, 1.54) is 22.3 Å². The molecule has 0 spiro atoms. The van der Waals surface area contributed by atoms with Gasteiger partial charge in [0.1, 0.15) is 11.2 Å². The van der Waals surface area contributed by atoms with Gasteiger partial charge in [-0.15, -0.1) is 0 Å². The molecule has 4 aromatic rings. The molecule has 0 aliphatic heterocycles. The Morgan fingerprint density at radius 1 is 0.457 bits per heavy atom. The van der Waals surface area contributed by atoms with Crippen molar-refractivity contribution in [2.45, 2.75) is 43.6 Å². The zero-order chi connectivity index (χ0) is 24.4. The van der Waals surface area contributed by atoms with Crippen LogP contribution in [0.25, 0.3) is 0 Å². The molecule has 4 heteroatoms. The molecule has 0 amide bonds. The maximum absolute atomic E-state index is 6.90. The van der Waals surface area contributed by atoms with Crippen LogP contribution in [0.3, 0.4) is 0 Å². The van der Waals surface area contributed by atoms with Gasteiger partial charge in [-0.2, -0.15) is 0 Å². The molecule has 0 aliphatic rings. The van der Waals surface area contributed by atoms with Crippen LogP contribution in [0.5, 0.6) is 0 Å². The molecule has 0 aliphatic carbocycles. The quantitative estimate of drug-likeness (QED) is 0.170. The number of hydrogen-bond donors (Lipinski definition) is 0. The van der Waals surface area contributed by atoms with Crippen molar-refractivity contribution in [2.75, 3.05) is 0 Å². The molecule has 0 unspecified atom stereocenters. The summed E-state index contributed by atoms with van der Waals surface area (Å²) in [6.07, 6.45) is 1.81. The van der Waals surface area contributed by atoms with Crippen molar-refractivity contribution in [3.63, 3.8) is 0 Å². The highest BCUT2D eigenvalue weighted by atomic mass is 28.3. The van der Waals surface area contributed by atoms with Gasteiger partial charge in [0.25, 0.3) is 0 Å². The van der Waals surface area contributed by atoms with Crippen LogP contribution in [-0.2, 0) is 20.1 Å². The van der Waals surface area contributed by atoms with E-state index in [4.69, 9.17) is 8.85 Å². The fraction of sp³-hybridized carbons (Fsp3) is 0.226. The SMILES string of the molecule is CCC(O[SiH2]C[SiH2]OC(CC)(c1ccccc1)c1ccccc1)(c1ccccc1)c1ccccc1. The van der Waals surface area contributed by atoms with Crippen molar-refractivity contribution >= 4 is 19.5 Å². The molecule has 180 valence electrons. The van der Waals surface area contributed by atoms with Crippen LogP contribution in [0.1, 0.15) is 48.9 Å². The second-order valence-corrected chi connectivity index (χ2v) is 13.1. The molecule has 0 atom stereocenters. The van der Waals surface area contributed by atoms with Crippen LogP contribution in [0.15, 0.2) is 121 Å². The number of rotatable bonds is 12. The fourth-order valence-corrected chi connectivity index (χ4v) is 8.47. The fourth-order valence-electron chi connectivity index (χ4n) is 5.07. The van der Waals surface area contributed by atoms with Gasteiger partial charge in [0.15, 0.2) is 19.5 Å². The van der Waals surface area contributed by atoms with Crippen LogP contribution in [0, 0.1) is 0 Å². The minimum Gasteiger partial charge on any atom is -0.411 e.